The van der Waals surface area contributed by atoms with Gasteiger partial charge in [-0.25, -0.2) is 0 Å². The number of amides is 2. The Balaban J connectivity index is 1.58. The fraction of sp³-hybridized carbons (Fsp3) is 0.267. The highest BCUT2D eigenvalue weighted by molar-refractivity contribution is 6.34. The quantitative estimate of drug-likeness (QED) is 0.316. The maximum absolute atomic E-state index is 13.3. The second-order valence-electron chi connectivity index (χ2n) is 10.6. The SMILES string of the molecule is CC(C)c1ccc(-n2ncc3ccc(NC(=O)c4cc(CNC(=O)C(C)(C)C)ccc4Cl)cc3c2=O)cc1. The molecule has 0 radical (unpaired) electrons. The monoisotopic (exact) mass is 530 g/mol. The Bertz CT molecular complexity index is 1570. The number of hydrogen-bond acceptors (Lipinski definition) is 4. The van der Waals surface area contributed by atoms with Gasteiger partial charge in [0.25, 0.3) is 11.5 Å². The lowest BCUT2D eigenvalue weighted by Crippen LogP contribution is -2.34. The van der Waals surface area contributed by atoms with Gasteiger partial charge in [0.15, 0.2) is 0 Å². The third-order valence-electron chi connectivity index (χ3n) is 6.26. The molecule has 8 heteroatoms. The van der Waals surface area contributed by atoms with Crippen LogP contribution in [0.4, 0.5) is 5.69 Å². The van der Waals surface area contributed by atoms with E-state index in [4.69, 9.17) is 11.6 Å². The molecule has 3 aromatic carbocycles. The standard InChI is InChI=1S/C30H31ClN4O3/c1-18(2)20-8-11-23(12-9-20)35-28(37)24-15-22(10-7-21(24)17-33-35)34-27(36)25-14-19(6-13-26(25)31)16-32-29(38)30(3,4)5/h6-15,17-18H,16H2,1-5H3,(H,32,38)(H,34,36). The zero-order chi connectivity index (χ0) is 27.6. The summed E-state index contributed by atoms with van der Waals surface area (Å²) in [4.78, 5) is 38.6. The second-order valence-corrected chi connectivity index (χ2v) is 11.0. The molecule has 0 spiro atoms. The van der Waals surface area contributed by atoms with Crippen molar-refractivity contribution < 1.29 is 9.59 Å². The average molecular weight is 531 g/mol. The van der Waals surface area contributed by atoms with Crippen LogP contribution in [0.2, 0.25) is 5.02 Å². The summed E-state index contributed by atoms with van der Waals surface area (Å²) in [6.07, 6.45) is 1.63. The van der Waals surface area contributed by atoms with Crippen LogP contribution in [0.1, 0.15) is 62.0 Å². The molecule has 0 atom stereocenters. The molecule has 38 heavy (non-hydrogen) atoms. The maximum Gasteiger partial charge on any atom is 0.279 e. The van der Waals surface area contributed by atoms with Gasteiger partial charge in [-0.3, -0.25) is 14.4 Å². The topological polar surface area (TPSA) is 93.1 Å². The zero-order valence-electron chi connectivity index (χ0n) is 22.1. The van der Waals surface area contributed by atoms with Crippen molar-refractivity contribution in [1.82, 2.24) is 15.1 Å². The van der Waals surface area contributed by atoms with Gasteiger partial charge in [-0.2, -0.15) is 9.78 Å². The summed E-state index contributed by atoms with van der Waals surface area (Å²) in [5, 5.41) is 11.4. The number of hydrogen-bond donors (Lipinski definition) is 2. The molecule has 0 aliphatic carbocycles. The van der Waals surface area contributed by atoms with E-state index >= 15 is 0 Å². The van der Waals surface area contributed by atoms with Crippen LogP contribution in [-0.4, -0.2) is 21.6 Å². The minimum Gasteiger partial charge on any atom is -0.352 e. The lowest BCUT2D eigenvalue weighted by atomic mass is 9.95. The summed E-state index contributed by atoms with van der Waals surface area (Å²) in [6, 6.07) is 17.9. The van der Waals surface area contributed by atoms with E-state index in [1.54, 1.807) is 42.6 Å². The van der Waals surface area contributed by atoms with Crippen LogP contribution in [0, 0.1) is 5.41 Å². The van der Waals surface area contributed by atoms with E-state index in [1.807, 2.05) is 45.0 Å². The number of nitrogens with zero attached hydrogens (tertiary/aromatic N) is 2. The summed E-state index contributed by atoms with van der Waals surface area (Å²) in [5.74, 6) is -0.129. The van der Waals surface area contributed by atoms with Crippen molar-refractivity contribution in [2.24, 2.45) is 5.41 Å². The molecule has 4 rings (SSSR count). The Kier molecular flexibility index (Phi) is 7.69. The first-order chi connectivity index (χ1) is 17.9. The molecule has 4 aromatic rings. The Morgan fingerprint density at radius 2 is 1.71 bits per heavy atom. The number of aromatic nitrogens is 2. The van der Waals surface area contributed by atoms with Gasteiger partial charge < -0.3 is 10.6 Å². The number of nitrogens with one attached hydrogen (secondary N) is 2. The number of rotatable bonds is 6. The van der Waals surface area contributed by atoms with Gasteiger partial charge in [0.1, 0.15) is 0 Å². The van der Waals surface area contributed by atoms with E-state index in [0.29, 0.717) is 28.1 Å². The Morgan fingerprint density at radius 1 is 1.00 bits per heavy atom. The highest BCUT2D eigenvalue weighted by atomic mass is 35.5. The molecule has 196 valence electrons. The molecule has 0 fully saturated rings. The predicted molar refractivity (Wildman–Crippen MR) is 152 cm³/mol. The Hall–Kier alpha value is -3.97. The lowest BCUT2D eigenvalue weighted by molar-refractivity contribution is -0.128. The van der Waals surface area contributed by atoms with Crippen LogP contribution in [0.15, 0.2) is 71.7 Å². The molecule has 2 N–H and O–H groups in total. The highest BCUT2D eigenvalue weighted by Crippen LogP contribution is 2.22. The molecule has 0 aliphatic heterocycles. The third-order valence-corrected chi connectivity index (χ3v) is 6.59. The van der Waals surface area contributed by atoms with Crippen molar-refractivity contribution >= 4 is 39.9 Å². The minimum absolute atomic E-state index is 0.0920. The first-order valence-corrected chi connectivity index (χ1v) is 12.8. The molecule has 1 aromatic heterocycles. The van der Waals surface area contributed by atoms with Crippen molar-refractivity contribution in [2.45, 2.75) is 47.1 Å². The fourth-order valence-electron chi connectivity index (χ4n) is 3.90. The maximum atomic E-state index is 13.3. The smallest absolute Gasteiger partial charge is 0.279 e. The van der Waals surface area contributed by atoms with E-state index in [0.717, 1.165) is 5.56 Å². The van der Waals surface area contributed by atoms with Crippen molar-refractivity contribution in [1.29, 1.82) is 0 Å². The van der Waals surface area contributed by atoms with Gasteiger partial charge in [-0.1, -0.05) is 70.5 Å². The Morgan fingerprint density at radius 3 is 2.37 bits per heavy atom. The first-order valence-electron chi connectivity index (χ1n) is 12.4. The molecule has 0 unspecified atom stereocenters. The lowest BCUT2D eigenvalue weighted by Gasteiger charge is -2.18. The van der Waals surface area contributed by atoms with E-state index in [1.165, 1.54) is 10.2 Å². The molecule has 7 nitrogen and oxygen atoms in total. The number of anilines is 1. The number of fused-ring (bicyclic) bond motifs is 1. The zero-order valence-corrected chi connectivity index (χ0v) is 22.9. The summed E-state index contributed by atoms with van der Waals surface area (Å²) >= 11 is 6.32. The largest absolute Gasteiger partial charge is 0.352 e. The summed E-state index contributed by atoms with van der Waals surface area (Å²) in [5.41, 5.74) is 2.50. The molecule has 2 amide bonds. The van der Waals surface area contributed by atoms with E-state index in [2.05, 4.69) is 29.6 Å². The van der Waals surface area contributed by atoms with Crippen LogP contribution in [-0.2, 0) is 11.3 Å². The van der Waals surface area contributed by atoms with Crippen molar-refractivity contribution in [3.8, 4) is 5.69 Å². The number of halogens is 1. The summed E-state index contributed by atoms with van der Waals surface area (Å²) < 4.78 is 1.35. The van der Waals surface area contributed by atoms with E-state index in [9.17, 15) is 14.4 Å². The normalized spacial score (nSPS) is 11.6. The van der Waals surface area contributed by atoms with Crippen molar-refractivity contribution in [2.75, 3.05) is 5.32 Å². The molecule has 0 aliphatic rings. The third kappa shape index (κ3) is 5.94. The van der Waals surface area contributed by atoms with Crippen LogP contribution in [0.25, 0.3) is 16.5 Å². The van der Waals surface area contributed by atoms with E-state index < -0.39 is 11.3 Å². The van der Waals surface area contributed by atoms with E-state index in [-0.39, 0.29) is 28.6 Å². The first kappa shape index (κ1) is 27.1. The van der Waals surface area contributed by atoms with Gasteiger partial charge in [-0.05, 0) is 53.4 Å². The highest BCUT2D eigenvalue weighted by Gasteiger charge is 2.21. The fourth-order valence-corrected chi connectivity index (χ4v) is 4.11. The molecular weight excluding hydrogens is 500 g/mol. The van der Waals surface area contributed by atoms with Crippen molar-refractivity contribution in [3.05, 3.63) is 98.9 Å². The van der Waals surface area contributed by atoms with Gasteiger partial charge in [0.05, 0.1) is 27.9 Å². The predicted octanol–water partition coefficient (Wildman–Crippen LogP) is 6.08. The number of benzene rings is 3. The molecule has 0 saturated carbocycles. The van der Waals surface area contributed by atoms with Crippen LogP contribution >= 0.6 is 11.6 Å². The molecular formula is C30H31ClN4O3. The Labute approximate surface area is 226 Å². The van der Waals surface area contributed by atoms with Gasteiger partial charge in [0.2, 0.25) is 5.91 Å². The van der Waals surface area contributed by atoms with Gasteiger partial charge >= 0.3 is 0 Å². The summed E-state index contributed by atoms with van der Waals surface area (Å²) in [6.45, 7) is 9.99. The van der Waals surface area contributed by atoms with Gasteiger partial charge in [0, 0.05) is 23.0 Å². The number of carbonyl (C=O) groups is 2. The molecule has 1 heterocycles. The van der Waals surface area contributed by atoms with Crippen LogP contribution in [0.5, 0.6) is 0 Å². The average Bonchev–Trinajstić information content (AvgIpc) is 2.88. The van der Waals surface area contributed by atoms with Gasteiger partial charge in [-0.15, -0.1) is 0 Å². The van der Waals surface area contributed by atoms with Crippen molar-refractivity contribution in [3.63, 3.8) is 0 Å². The summed E-state index contributed by atoms with van der Waals surface area (Å²) in [7, 11) is 0. The van der Waals surface area contributed by atoms with Crippen LogP contribution in [0.3, 0.4) is 0 Å². The molecule has 0 bridgehead atoms. The molecule has 0 saturated heterocycles. The second kappa shape index (κ2) is 10.8. The van der Waals surface area contributed by atoms with Crippen LogP contribution < -0.4 is 16.2 Å². The number of carbonyl (C=O) groups excluding carboxylic acids is 2. The minimum atomic E-state index is -0.520.